The van der Waals surface area contributed by atoms with Crippen LogP contribution in [0, 0.1) is 6.92 Å². The molecule has 1 saturated heterocycles. The van der Waals surface area contributed by atoms with Gasteiger partial charge < -0.3 is 10.5 Å². The molecule has 0 spiro atoms. The predicted molar refractivity (Wildman–Crippen MR) is 62.1 cm³/mol. The van der Waals surface area contributed by atoms with Crippen LogP contribution < -0.4 is 10.5 Å². The molecule has 82 valence electrons. The number of nitrogens with two attached hydrogens (primary N) is 1. The monoisotopic (exact) mass is 206 g/mol. The normalized spacial score (nSPS) is 26.1. The summed E-state index contributed by atoms with van der Waals surface area (Å²) in [5.74, 6) is 0.953. The first kappa shape index (κ1) is 10.3. The van der Waals surface area contributed by atoms with Gasteiger partial charge in [-0.2, -0.15) is 0 Å². The molecule has 2 atom stereocenters. The van der Waals surface area contributed by atoms with Crippen molar-refractivity contribution in [3.8, 4) is 5.75 Å². The molecule has 3 nitrogen and oxygen atoms in total. The van der Waals surface area contributed by atoms with Gasteiger partial charge in [0.2, 0.25) is 0 Å². The summed E-state index contributed by atoms with van der Waals surface area (Å²) in [6, 6.07) is 6.29. The maximum Gasteiger partial charge on any atom is 0.126 e. The number of anilines is 1. The number of hydrogen-bond donors (Lipinski definition) is 1. The Labute approximate surface area is 90.8 Å². The molecule has 0 amide bonds. The van der Waals surface area contributed by atoms with E-state index in [1.807, 2.05) is 25.1 Å². The van der Waals surface area contributed by atoms with Crippen LogP contribution in [0.1, 0.15) is 12.5 Å². The van der Waals surface area contributed by atoms with E-state index in [1.54, 1.807) is 0 Å². The number of hydrogen-bond acceptors (Lipinski definition) is 3. The molecule has 1 unspecified atom stereocenters. The van der Waals surface area contributed by atoms with Crippen molar-refractivity contribution < 1.29 is 4.74 Å². The summed E-state index contributed by atoms with van der Waals surface area (Å²) in [5, 5.41) is 0. The summed E-state index contributed by atoms with van der Waals surface area (Å²) >= 11 is 0. The molecule has 15 heavy (non-hydrogen) atoms. The predicted octanol–water partition coefficient (Wildman–Crippen LogP) is 1.66. The number of likely N-dealkylation sites (N-methyl/N-ethyl adjacent to an activating group) is 1. The largest absolute Gasteiger partial charge is 0.487 e. The van der Waals surface area contributed by atoms with E-state index in [1.165, 1.54) is 0 Å². The van der Waals surface area contributed by atoms with Gasteiger partial charge in [-0.3, -0.25) is 4.90 Å². The van der Waals surface area contributed by atoms with Crippen LogP contribution in [0.4, 0.5) is 5.69 Å². The average Bonchev–Trinajstić information content (AvgIpc) is 2.20. The summed E-state index contributed by atoms with van der Waals surface area (Å²) in [4.78, 5) is 2.28. The van der Waals surface area contributed by atoms with Gasteiger partial charge >= 0.3 is 0 Å². The number of nitrogens with zero attached hydrogens (tertiary/aromatic N) is 1. The maximum atomic E-state index is 5.92. The summed E-state index contributed by atoms with van der Waals surface area (Å²) in [6.07, 6.45) is 0.317. The molecule has 1 aromatic carbocycles. The fourth-order valence-corrected chi connectivity index (χ4v) is 1.85. The minimum absolute atomic E-state index is 0.317. The van der Waals surface area contributed by atoms with Crippen LogP contribution in [0.3, 0.4) is 0 Å². The fraction of sp³-hybridized carbons (Fsp3) is 0.500. The van der Waals surface area contributed by atoms with Crippen LogP contribution in [0.15, 0.2) is 18.2 Å². The molecule has 0 radical (unpaired) electrons. The van der Waals surface area contributed by atoms with Gasteiger partial charge in [-0.25, -0.2) is 0 Å². The Morgan fingerprint density at radius 3 is 2.73 bits per heavy atom. The van der Waals surface area contributed by atoms with E-state index in [0.717, 1.165) is 23.5 Å². The van der Waals surface area contributed by atoms with Crippen molar-refractivity contribution >= 4 is 5.69 Å². The van der Waals surface area contributed by atoms with Gasteiger partial charge in [0, 0.05) is 18.3 Å². The molecular weight excluding hydrogens is 188 g/mol. The van der Waals surface area contributed by atoms with E-state index >= 15 is 0 Å². The van der Waals surface area contributed by atoms with Crippen LogP contribution in [0.5, 0.6) is 5.75 Å². The van der Waals surface area contributed by atoms with E-state index in [-0.39, 0.29) is 0 Å². The first-order valence-electron chi connectivity index (χ1n) is 5.31. The van der Waals surface area contributed by atoms with Gasteiger partial charge in [0.05, 0.1) is 0 Å². The number of rotatable bonds is 2. The molecular formula is C12H18N2O. The number of likely N-dealkylation sites (tertiary alicyclic amines) is 1. The Bertz CT molecular complexity index is 365. The number of nitrogen functional groups attached to an aromatic ring is 1. The summed E-state index contributed by atoms with van der Waals surface area (Å²) in [6.45, 7) is 5.21. The molecule has 1 fully saturated rings. The fourth-order valence-electron chi connectivity index (χ4n) is 1.85. The van der Waals surface area contributed by atoms with Crippen LogP contribution in [0.25, 0.3) is 0 Å². The quantitative estimate of drug-likeness (QED) is 0.748. The van der Waals surface area contributed by atoms with Crippen LogP contribution >= 0.6 is 0 Å². The Balaban J connectivity index is 2.05. The van der Waals surface area contributed by atoms with Crippen molar-refractivity contribution in [3.05, 3.63) is 23.8 Å². The molecule has 0 bridgehead atoms. The van der Waals surface area contributed by atoms with E-state index in [9.17, 15) is 0 Å². The third-order valence-corrected chi connectivity index (χ3v) is 3.18. The Morgan fingerprint density at radius 2 is 2.20 bits per heavy atom. The molecule has 1 aromatic rings. The molecule has 1 aliphatic heterocycles. The van der Waals surface area contributed by atoms with Gasteiger partial charge in [-0.15, -0.1) is 0 Å². The maximum absolute atomic E-state index is 5.92. The van der Waals surface area contributed by atoms with Crippen molar-refractivity contribution in [2.75, 3.05) is 19.3 Å². The Kier molecular flexibility index (Phi) is 2.57. The average molecular weight is 206 g/mol. The zero-order chi connectivity index (χ0) is 11.0. The van der Waals surface area contributed by atoms with Gasteiger partial charge in [0.15, 0.2) is 0 Å². The second kappa shape index (κ2) is 3.74. The summed E-state index contributed by atoms with van der Waals surface area (Å²) in [5.41, 5.74) is 7.59. The minimum Gasteiger partial charge on any atom is -0.487 e. The lowest BCUT2D eigenvalue weighted by Crippen LogP contribution is -2.58. The number of benzene rings is 1. The highest BCUT2D eigenvalue weighted by Crippen LogP contribution is 2.26. The third-order valence-electron chi connectivity index (χ3n) is 3.18. The highest BCUT2D eigenvalue weighted by Gasteiger charge is 2.34. The topological polar surface area (TPSA) is 38.5 Å². The van der Waals surface area contributed by atoms with Crippen molar-refractivity contribution in [1.29, 1.82) is 0 Å². The lowest BCUT2D eigenvalue weighted by atomic mass is 10.0. The van der Waals surface area contributed by atoms with Gasteiger partial charge in [-0.05, 0) is 44.7 Å². The highest BCUT2D eigenvalue weighted by molar-refractivity contribution is 5.47. The summed E-state index contributed by atoms with van der Waals surface area (Å²) < 4.78 is 5.92. The lowest BCUT2D eigenvalue weighted by molar-refractivity contribution is -0.0182. The van der Waals surface area contributed by atoms with Gasteiger partial charge in [0.1, 0.15) is 11.9 Å². The zero-order valence-corrected chi connectivity index (χ0v) is 9.53. The zero-order valence-electron chi connectivity index (χ0n) is 9.53. The van der Waals surface area contributed by atoms with E-state index < -0.39 is 0 Å². The first-order chi connectivity index (χ1) is 7.08. The molecule has 0 aromatic heterocycles. The van der Waals surface area contributed by atoms with Crippen molar-refractivity contribution in [2.24, 2.45) is 0 Å². The molecule has 3 heteroatoms. The SMILES string of the molecule is Cc1cc(N)ccc1OC1CN(C)[C@H]1C. The smallest absolute Gasteiger partial charge is 0.126 e. The highest BCUT2D eigenvalue weighted by atomic mass is 16.5. The third kappa shape index (κ3) is 1.92. The van der Waals surface area contributed by atoms with E-state index in [0.29, 0.717) is 12.1 Å². The molecule has 2 rings (SSSR count). The molecule has 2 N–H and O–H groups in total. The van der Waals surface area contributed by atoms with Crippen molar-refractivity contribution in [3.63, 3.8) is 0 Å². The molecule has 1 aliphatic rings. The standard InChI is InChI=1S/C12H18N2O/c1-8-6-10(13)4-5-11(8)15-12-7-14(3)9(12)2/h4-6,9,12H,7,13H2,1-3H3/t9-,12?/m0/s1. The molecule has 1 heterocycles. The van der Waals surface area contributed by atoms with Crippen LogP contribution in [-0.2, 0) is 0 Å². The summed E-state index contributed by atoms with van der Waals surface area (Å²) in [7, 11) is 2.11. The van der Waals surface area contributed by atoms with E-state index in [2.05, 4.69) is 18.9 Å². The number of aryl methyl sites for hydroxylation is 1. The van der Waals surface area contributed by atoms with Gasteiger partial charge in [-0.1, -0.05) is 0 Å². The van der Waals surface area contributed by atoms with Crippen molar-refractivity contribution in [1.82, 2.24) is 4.90 Å². The minimum atomic E-state index is 0.317. The first-order valence-corrected chi connectivity index (χ1v) is 5.31. The molecule has 0 saturated carbocycles. The Hall–Kier alpha value is -1.22. The lowest BCUT2D eigenvalue weighted by Gasteiger charge is -2.43. The second-order valence-electron chi connectivity index (χ2n) is 4.36. The van der Waals surface area contributed by atoms with E-state index in [4.69, 9.17) is 10.5 Å². The van der Waals surface area contributed by atoms with Crippen molar-refractivity contribution in [2.45, 2.75) is 26.0 Å². The van der Waals surface area contributed by atoms with Crippen LogP contribution in [0.2, 0.25) is 0 Å². The van der Waals surface area contributed by atoms with Gasteiger partial charge in [0.25, 0.3) is 0 Å². The number of ether oxygens (including phenoxy) is 1. The second-order valence-corrected chi connectivity index (χ2v) is 4.36. The molecule has 0 aliphatic carbocycles. The van der Waals surface area contributed by atoms with Crippen LogP contribution in [-0.4, -0.2) is 30.6 Å². The Morgan fingerprint density at radius 1 is 1.47 bits per heavy atom.